The van der Waals surface area contributed by atoms with Gasteiger partial charge in [-0.05, 0) is 41.8 Å². The number of rotatable bonds is 5. The van der Waals surface area contributed by atoms with E-state index in [1.54, 1.807) is 24.3 Å². The van der Waals surface area contributed by atoms with Crippen LogP contribution in [0.15, 0.2) is 72.8 Å². The van der Waals surface area contributed by atoms with Crippen LogP contribution in [0, 0.1) is 0 Å². The molecule has 0 fully saturated rings. The molecule has 0 radical (unpaired) electrons. The van der Waals surface area contributed by atoms with Crippen molar-refractivity contribution in [3.63, 3.8) is 0 Å². The van der Waals surface area contributed by atoms with Crippen LogP contribution in [0.25, 0.3) is 5.70 Å². The molecule has 3 aliphatic rings. The highest BCUT2D eigenvalue weighted by atomic mass is 16.7. The first-order valence-corrected chi connectivity index (χ1v) is 11.5. The number of carbonyl (C=O) groups is 3. The topological polar surface area (TPSA) is 84.9 Å². The van der Waals surface area contributed by atoms with Crippen molar-refractivity contribution in [3.05, 3.63) is 101 Å². The van der Waals surface area contributed by atoms with E-state index >= 15 is 0 Å². The second-order valence-electron chi connectivity index (χ2n) is 8.73. The quantitative estimate of drug-likeness (QED) is 0.459. The molecule has 1 atom stereocenters. The van der Waals surface area contributed by atoms with Crippen LogP contribution in [-0.4, -0.2) is 41.9 Å². The van der Waals surface area contributed by atoms with Gasteiger partial charge in [-0.15, -0.1) is 0 Å². The first-order valence-electron chi connectivity index (χ1n) is 11.5. The van der Waals surface area contributed by atoms with Crippen molar-refractivity contribution in [2.75, 3.05) is 13.3 Å². The van der Waals surface area contributed by atoms with Gasteiger partial charge in [0.2, 0.25) is 6.79 Å². The van der Waals surface area contributed by atoms with Crippen molar-refractivity contribution >= 4 is 23.3 Å². The second kappa shape index (κ2) is 8.43. The number of ketones is 1. The Kier molecular flexibility index (Phi) is 5.10. The predicted octanol–water partition coefficient (Wildman–Crippen LogP) is 3.38. The summed E-state index contributed by atoms with van der Waals surface area (Å²) < 4.78 is 11.0. The summed E-state index contributed by atoms with van der Waals surface area (Å²) in [5.41, 5.74) is 4.06. The molecular weight excluding hydrogens is 444 g/mol. The number of nitrogens with one attached hydrogen (secondary N) is 1. The smallest absolute Gasteiger partial charge is 0.262 e. The number of ether oxygens (including phenoxy) is 2. The number of hydrogen-bond donors (Lipinski definition) is 1. The van der Waals surface area contributed by atoms with E-state index in [0.29, 0.717) is 34.9 Å². The van der Waals surface area contributed by atoms with Gasteiger partial charge in [-0.2, -0.15) is 0 Å². The van der Waals surface area contributed by atoms with Gasteiger partial charge in [0.05, 0.1) is 11.1 Å². The lowest BCUT2D eigenvalue weighted by atomic mass is 9.94. The summed E-state index contributed by atoms with van der Waals surface area (Å²) in [4.78, 5) is 41.4. The molecule has 0 bridgehead atoms. The van der Waals surface area contributed by atoms with Gasteiger partial charge >= 0.3 is 0 Å². The Hall–Kier alpha value is -4.39. The molecule has 0 saturated heterocycles. The number of benzene rings is 3. The Bertz CT molecular complexity index is 1360. The number of nitrogens with zero attached hydrogens (tertiary/aromatic N) is 1. The fourth-order valence-electron chi connectivity index (χ4n) is 4.88. The molecule has 7 nitrogen and oxygen atoms in total. The molecular formula is C28H22N2O5. The van der Waals surface area contributed by atoms with Crippen LogP contribution in [-0.2, 0) is 17.6 Å². The Morgan fingerprint density at radius 3 is 2.29 bits per heavy atom. The van der Waals surface area contributed by atoms with Gasteiger partial charge in [0.15, 0.2) is 17.3 Å². The standard InChI is InChI=1S/C28H22N2O5/c31-24(15-22-21-14-26-25(34-16-35-26)13-18(21)10-11-29-22)23(12-17-6-2-1-3-7-17)30-27(32)19-8-4-5-9-20(19)28(30)33/h1-9,13-15,23,29H,10-12,16H2/t23-/m0/s1. The van der Waals surface area contributed by atoms with Crippen LogP contribution in [0.4, 0.5) is 0 Å². The van der Waals surface area contributed by atoms with Crippen LogP contribution < -0.4 is 14.8 Å². The van der Waals surface area contributed by atoms with Gasteiger partial charge in [0, 0.05) is 30.3 Å². The summed E-state index contributed by atoms with van der Waals surface area (Å²) in [5.74, 6) is 0.116. The minimum atomic E-state index is -0.974. The van der Waals surface area contributed by atoms with E-state index in [1.165, 1.54) is 6.08 Å². The zero-order valence-electron chi connectivity index (χ0n) is 18.8. The van der Waals surface area contributed by atoms with E-state index in [2.05, 4.69) is 5.32 Å². The first kappa shape index (κ1) is 21.2. The highest BCUT2D eigenvalue weighted by molar-refractivity contribution is 6.23. The molecule has 174 valence electrons. The van der Waals surface area contributed by atoms with E-state index in [-0.39, 0.29) is 19.0 Å². The van der Waals surface area contributed by atoms with Crippen LogP contribution >= 0.6 is 0 Å². The SMILES string of the molecule is O=C(C=C1NCCc2cc3c(cc21)OCO3)[C@H](Cc1ccccc1)N1C(=O)c2ccccc2C1=O. The van der Waals surface area contributed by atoms with Gasteiger partial charge in [-0.3, -0.25) is 19.3 Å². The van der Waals surface area contributed by atoms with E-state index in [9.17, 15) is 14.4 Å². The normalized spacial score (nSPS) is 17.7. The Labute approximate surface area is 202 Å². The summed E-state index contributed by atoms with van der Waals surface area (Å²) in [5, 5.41) is 3.30. The highest BCUT2D eigenvalue weighted by Crippen LogP contribution is 2.38. The van der Waals surface area contributed by atoms with Gasteiger partial charge < -0.3 is 14.8 Å². The number of carbonyl (C=O) groups excluding carboxylic acids is 3. The zero-order chi connectivity index (χ0) is 23.9. The third-order valence-electron chi connectivity index (χ3n) is 6.62. The molecule has 1 N–H and O–H groups in total. The summed E-state index contributed by atoms with van der Waals surface area (Å²) >= 11 is 0. The maximum Gasteiger partial charge on any atom is 0.262 e. The molecule has 3 aromatic rings. The number of fused-ring (bicyclic) bond motifs is 3. The first-order chi connectivity index (χ1) is 17.1. The van der Waals surface area contributed by atoms with Crippen LogP contribution in [0.3, 0.4) is 0 Å². The maximum absolute atomic E-state index is 13.8. The Morgan fingerprint density at radius 2 is 1.57 bits per heavy atom. The van der Waals surface area contributed by atoms with Crippen molar-refractivity contribution in [1.29, 1.82) is 0 Å². The molecule has 3 aliphatic heterocycles. The van der Waals surface area contributed by atoms with Gasteiger partial charge in [0.25, 0.3) is 11.8 Å². The van der Waals surface area contributed by atoms with Crippen LogP contribution in [0.2, 0.25) is 0 Å². The maximum atomic E-state index is 13.8. The monoisotopic (exact) mass is 466 g/mol. The van der Waals surface area contributed by atoms with E-state index < -0.39 is 17.9 Å². The largest absolute Gasteiger partial charge is 0.454 e. The minimum absolute atomic E-state index is 0.169. The average Bonchev–Trinajstić information content (AvgIpc) is 3.44. The summed E-state index contributed by atoms with van der Waals surface area (Å²) in [6.45, 7) is 0.824. The van der Waals surface area contributed by atoms with Crippen molar-refractivity contribution in [2.45, 2.75) is 18.9 Å². The molecule has 0 spiro atoms. The van der Waals surface area contributed by atoms with E-state index in [0.717, 1.165) is 28.0 Å². The lowest BCUT2D eigenvalue weighted by Crippen LogP contribution is -2.46. The van der Waals surface area contributed by atoms with Crippen LogP contribution in [0.5, 0.6) is 11.5 Å². The lowest BCUT2D eigenvalue weighted by molar-refractivity contribution is -0.118. The molecule has 0 saturated carbocycles. The van der Waals surface area contributed by atoms with Crippen molar-refractivity contribution < 1.29 is 23.9 Å². The Morgan fingerprint density at radius 1 is 0.914 bits per heavy atom. The third kappa shape index (κ3) is 3.65. The summed E-state index contributed by atoms with van der Waals surface area (Å²) in [6, 6.07) is 18.9. The zero-order valence-corrected chi connectivity index (χ0v) is 18.8. The second-order valence-corrected chi connectivity index (χ2v) is 8.73. The highest BCUT2D eigenvalue weighted by Gasteiger charge is 2.42. The number of imide groups is 1. The molecule has 0 unspecified atom stereocenters. The third-order valence-corrected chi connectivity index (χ3v) is 6.62. The molecule has 3 heterocycles. The van der Waals surface area contributed by atoms with Crippen LogP contribution in [0.1, 0.15) is 37.4 Å². The number of hydrogen-bond acceptors (Lipinski definition) is 6. The van der Waals surface area contributed by atoms with E-state index in [1.807, 2.05) is 42.5 Å². The lowest BCUT2D eigenvalue weighted by Gasteiger charge is -2.26. The fourth-order valence-corrected chi connectivity index (χ4v) is 4.88. The Balaban J connectivity index is 1.39. The van der Waals surface area contributed by atoms with E-state index in [4.69, 9.17) is 9.47 Å². The predicted molar refractivity (Wildman–Crippen MR) is 128 cm³/mol. The average molecular weight is 466 g/mol. The molecule has 7 heteroatoms. The molecule has 0 aromatic heterocycles. The molecule has 0 aliphatic carbocycles. The van der Waals surface area contributed by atoms with Gasteiger partial charge in [-0.1, -0.05) is 42.5 Å². The summed E-state index contributed by atoms with van der Waals surface area (Å²) in [7, 11) is 0. The van der Waals surface area contributed by atoms with Gasteiger partial charge in [0.1, 0.15) is 6.04 Å². The van der Waals surface area contributed by atoms with Gasteiger partial charge in [-0.25, -0.2) is 0 Å². The van der Waals surface area contributed by atoms with Crippen molar-refractivity contribution in [2.24, 2.45) is 0 Å². The van der Waals surface area contributed by atoms with Crippen molar-refractivity contribution in [1.82, 2.24) is 10.2 Å². The number of amides is 2. The molecule has 3 aromatic carbocycles. The molecule has 6 rings (SSSR count). The van der Waals surface area contributed by atoms with Crippen molar-refractivity contribution in [3.8, 4) is 11.5 Å². The summed E-state index contributed by atoms with van der Waals surface area (Å²) in [6.07, 6.45) is 2.52. The molecule has 35 heavy (non-hydrogen) atoms. The minimum Gasteiger partial charge on any atom is -0.454 e. The fraction of sp³-hybridized carbons (Fsp3) is 0.179. The molecule has 2 amide bonds.